The third kappa shape index (κ3) is 2.84. The second kappa shape index (κ2) is 5.53. The largest absolute Gasteiger partial charge is 0.360 e. The van der Waals surface area contributed by atoms with Gasteiger partial charge in [0.15, 0.2) is 5.11 Å². The maximum absolute atomic E-state index is 5.39. The van der Waals surface area contributed by atoms with Crippen LogP contribution in [0, 0.1) is 0 Å². The molecule has 0 unspecified atom stereocenters. The highest BCUT2D eigenvalue weighted by Crippen LogP contribution is 2.21. The van der Waals surface area contributed by atoms with Crippen molar-refractivity contribution in [2.45, 2.75) is 31.7 Å². The highest BCUT2D eigenvalue weighted by Gasteiger charge is 2.15. The van der Waals surface area contributed by atoms with Gasteiger partial charge in [0.1, 0.15) is 0 Å². The molecule has 3 rings (SSSR count). The Hall–Kier alpha value is -1.68. The first-order valence-electron chi connectivity index (χ1n) is 6.74. The zero-order valence-electron chi connectivity index (χ0n) is 10.7. The van der Waals surface area contributed by atoms with Gasteiger partial charge in [-0.25, -0.2) is 0 Å². The monoisotopic (exact) mass is 271 g/mol. The molecule has 1 fully saturated rings. The van der Waals surface area contributed by atoms with Crippen LogP contribution >= 0.6 is 12.2 Å². The van der Waals surface area contributed by atoms with Gasteiger partial charge >= 0.3 is 0 Å². The second-order valence-corrected chi connectivity index (χ2v) is 5.37. The number of para-hydroxylation sites is 1. The first kappa shape index (κ1) is 12.4. The van der Waals surface area contributed by atoms with Crippen molar-refractivity contribution in [3.63, 3.8) is 0 Å². The van der Waals surface area contributed by atoms with Crippen molar-refractivity contribution in [2.24, 2.45) is 0 Å². The minimum atomic E-state index is 0.530. The summed E-state index contributed by atoms with van der Waals surface area (Å²) in [7, 11) is 0. The van der Waals surface area contributed by atoms with Crippen molar-refractivity contribution in [3.8, 4) is 0 Å². The number of fused-ring (bicyclic) bond motifs is 1. The summed E-state index contributed by atoms with van der Waals surface area (Å²) < 4.78 is 0. The van der Waals surface area contributed by atoms with Crippen molar-refractivity contribution in [1.82, 2.24) is 10.3 Å². The number of benzene rings is 1. The zero-order valence-corrected chi connectivity index (χ0v) is 11.5. The quantitative estimate of drug-likeness (QED) is 0.820. The summed E-state index contributed by atoms with van der Waals surface area (Å²) in [5.41, 5.74) is 1.93. The third-order valence-corrected chi connectivity index (χ3v) is 3.79. The molecule has 1 aliphatic carbocycles. The van der Waals surface area contributed by atoms with Gasteiger partial charge in [0.25, 0.3) is 0 Å². The molecule has 1 aromatic heterocycles. The van der Waals surface area contributed by atoms with E-state index in [0.29, 0.717) is 11.2 Å². The number of nitrogens with zero attached hydrogens (tertiary/aromatic N) is 1. The van der Waals surface area contributed by atoms with Gasteiger partial charge in [-0.2, -0.15) is 0 Å². The summed E-state index contributed by atoms with van der Waals surface area (Å²) in [5, 5.41) is 8.47. The van der Waals surface area contributed by atoms with Crippen molar-refractivity contribution >= 4 is 33.9 Å². The van der Waals surface area contributed by atoms with Crippen molar-refractivity contribution in [3.05, 3.63) is 36.5 Å². The number of thiocarbonyl (C=S) groups is 1. The van der Waals surface area contributed by atoms with Crippen LogP contribution in [0.25, 0.3) is 10.9 Å². The van der Waals surface area contributed by atoms with Crippen LogP contribution in [0.4, 0.5) is 5.69 Å². The standard InChI is InChI=1S/C15H17N3S/c19-15(17-12-7-1-2-8-12)18-13-9-3-5-11-6-4-10-16-14(11)13/h3-6,9-10,12H,1-2,7-8H2,(H2,17,18,19). The van der Waals surface area contributed by atoms with Gasteiger partial charge in [-0.05, 0) is 37.2 Å². The second-order valence-electron chi connectivity index (χ2n) is 4.96. The van der Waals surface area contributed by atoms with Gasteiger partial charge < -0.3 is 10.6 Å². The summed E-state index contributed by atoms with van der Waals surface area (Å²) >= 11 is 5.39. The van der Waals surface area contributed by atoms with Gasteiger partial charge in [-0.15, -0.1) is 0 Å². The van der Waals surface area contributed by atoms with E-state index in [1.807, 2.05) is 18.2 Å². The van der Waals surface area contributed by atoms with Gasteiger partial charge in [-0.1, -0.05) is 31.0 Å². The van der Waals surface area contributed by atoms with Crippen molar-refractivity contribution < 1.29 is 0 Å². The minimum Gasteiger partial charge on any atom is -0.360 e. The van der Waals surface area contributed by atoms with Crippen LogP contribution in [0.3, 0.4) is 0 Å². The number of pyridine rings is 1. The van der Waals surface area contributed by atoms with Crippen molar-refractivity contribution in [1.29, 1.82) is 0 Å². The zero-order chi connectivity index (χ0) is 13.1. The molecule has 98 valence electrons. The Bertz CT molecular complexity index is 585. The average molecular weight is 271 g/mol. The third-order valence-electron chi connectivity index (χ3n) is 3.57. The normalized spacial score (nSPS) is 15.6. The molecule has 0 saturated heterocycles. The Morgan fingerprint density at radius 2 is 1.95 bits per heavy atom. The number of nitrogens with one attached hydrogen (secondary N) is 2. The lowest BCUT2D eigenvalue weighted by atomic mass is 10.2. The summed E-state index contributed by atoms with van der Waals surface area (Å²) in [6.07, 6.45) is 6.85. The highest BCUT2D eigenvalue weighted by atomic mass is 32.1. The summed E-state index contributed by atoms with van der Waals surface area (Å²) in [5.74, 6) is 0. The number of hydrogen-bond donors (Lipinski definition) is 2. The molecule has 1 saturated carbocycles. The van der Waals surface area contributed by atoms with Crippen LogP contribution < -0.4 is 10.6 Å². The molecule has 0 bridgehead atoms. The van der Waals surface area contributed by atoms with Crippen LogP contribution in [0.5, 0.6) is 0 Å². The van der Waals surface area contributed by atoms with Crippen LogP contribution in [-0.4, -0.2) is 16.1 Å². The first-order chi connectivity index (χ1) is 9.33. The topological polar surface area (TPSA) is 37.0 Å². The molecular weight excluding hydrogens is 254 g/mol. The Morgan fingerprint density at radius 1 is 1.16 bits per heavy atom. The van der Waals surface area contributed by atoms with Crippen LogP contribution in [0.1, 0.15) is 25.7 Å². The molecule has 4 heteroatoms. The van der Waals surface area contributed by atoms with E-state index in [1.54, 1.807) is 6.20 Å². The first-order valence-corrected chi connectivity index (χ1v) is 7.15. The van der Waals surface area contributed by atoms with Crippen LogP contribution in [-0.2, 0) is 0 Å². The average Bonchev–Trinajstić information content (AvgIpc) is 2.92. The summed E-state index contributed by atoms with van der Waals surface area (Å²) in [6, 6.07) is 10.6. The molecule has 0 radical (unpaired) electrons. The summed E-state index contributed by atoms with van der Waals surface area (Å²) in [4.78, 5) is 4.42. The van der Waals surface area contributed by atoms with Gasteiger partial charge in [0.2, 0.25) is 0 Å². The maximum Gasteiger partial charge on any atom is 0.171 e. The summed E-state index contributed by atoms with van der Waals surface area (Å²) in [6.45, 7) is 0. The lowest BCUT2D eigenvalue weighted by Crippen LogP contribution is -2.35. The Labute approximate surface area is 118 Å². The molecule has 19 heavy (non-hydrogen) atoms. The lowest BCUT2D eigenvalue weighted by Gasteiger charge is -2.16. The molecule has 1 aliphatic rings. The van der Waals surface area contributed by atoms with Gasteiger partial charge in [0.05, 0.1) is 11.2 Å². The minimum absolute atomic E-state index is 0.530. The van der Waals surface area contributed by atoms with E-state index in [1.165, 1.54) is 25.7 Å². The molecule has 1 aromatic carbocycles. The number of anilines is 1. The van der Waals surface area contributed by atoms with Gasteiger partial charge in [-0.3, -0.25) is 4.98 Å². The molecule has 0 atom stereocenters. The predicted molar refractivity (Wildman–Crippen MR) is 83.4 cm³/mol. The molecule has 0 amide bonds. The fraction of sp³-hybridized carbons (Fsp3) is 0.333. The number of rotatable bonds is 2. The lowest BCUT2D eigenvalue weighted by molar-refractivity contribution is 0.634. The molecular formula is C15H17N3S. The Morgan fingerprint density at radius 3 is 2.79 bits per heavy atom. The number of hydrogen-bond acceptors (Lipinski definition) is 2. The molecule has 2 N–H and O–H groups in total. The predicted octanol–water partition coefficient (Wildman–Crippen LogP) is 3.46. The molecule has 1 heterocycles. The van der Waals surface area contributed by atoms with E-state index >= 15 is 0 Å². The van der Waals surface area contributed by atoms with E-state index in [-0.39, 0.29) is 0 Å². The van der Waals surface area contributed by atoms with Gasteiger partial charge in [0, 0.05) is 17.6 Å². The van der Waals surface area contributed by atoms with Crippen LogP contribution in [0.15, 0.2) is 36.5 Å². The van der Waals surface area contributed by atoms with E-state index in [9.17, 15) is 0 Å². The van der Waals surface area contributed by atoms with E-state index in [2.05, 4.69) is 27.8 Å². The smallest absolute Gasteiger partial charge is 0.171 e. The molecule has 2 aromatic rings. The Balaban J connectivity index is 1.75. The molecule has 0 aliphatic heterocycles. The van der Waals surface area contributed by atoms with E-state index in [0.717, 1.165) is 16.6 Å². The number of aromatic nitrogens is 1. The van der Waals surface area contributed by atoms with Crippen molar-refractivity contribution in [2.75, 3.05) is 5.32 Å². The van der Waals surface area contributed by atoms with Crippen LogP contribution in [0.2, 0.25) is 0 Å². The fourth-order valence-electron chi connectivity index (χ4n) is 2.62. The van der Waals surface area contributed by atoms with E-state index in [4.69, 9.17) is 12.2 Å². The fourth-order valence-corrected chi connectivity index (χ4v) is 2.90. The molecule has 3 nitrogen and oxygen atoms in total. The maximum atomic E-state index is 5.39. The molecule has 0 spiro atoms. The van der Waals surface area contributed by atoms with E-state index < -0.39 is 0 Å². The SMILES string of the molecule is S=C(Nc1cccc2cccnc12)NC1CCCC1. The highest BCUT2D eigenvalue weighted by molar-refractivity contribution is 7.80. The Kier molecular flexibility index (Phi) is 3.60.